The molecule has 0 spiro atoms. The van der Waals surface area contributed by atoms with E-state index in [1.165, 1.54) is 18.0 Å². The molecule has 0 aliphatic heterocycles. The first-order valence-electron chi connectivity index (χ1n) is 3.39. The van der Waals surface area contributed by atoms with E-state index in [9.17, 15) is 8.42 Å². The van der Waals surface area contributed by atoms with E-state index in [1.54, 1.807) is 18.2 Å². The average molecular weight is 202 g/mol. The highest BCUT2D eigenvalue weighted by molar-refractivity contribution is 7.99. The van der Waals surface area contributed by atoms with Crippen LogP contribution in [0.1, 0.15) is 0 Å². The molecule has 0 radical (unpaired) electrons. The molecule has 0 fully saturated rings. The molecule has 0 aliphatic carbocycles. The average Bonchev–Trinajstić information content (AvgIpc) is 2.03. The molecule has 0 unspecified atom stereocenters. The molecule has 1 aromatic carbocycles. The normalized spacial score (nSPS) is 11.5. The number of hydrogen-bond donors (Lipinski definition) is 0. The molecule has 12 heavy (non-hydrogen) atoms. The minimum atomic E-state index is -3.07. The molecule has 0 aromatic heterocycles. The molecule has 1 aromatic rings. The second kappa shape index (κ2) is 3.49. The third-order valence-corrected chi connectivity index (χ3v) is 3.55. The van der Waals surface area contributed by atoms with Gasteiger partial charge in [0, 0.05) is 11.2 Å². The van der Waals surface area contributed by atoms with Crippen molar-refractivity contribution in [2.75, 3.05) is 12.5 Å². The third-order valence-electron chi connectivity index (χ3n) is 1.47. The Morgan fingerprint density at radius 2 is 1.83 bits per heavy atom. The number of benzene rings is 1. The second-order valence-corrected chi connectivity index (χ2v) is 5.26. The summed E-state index contributed by atoms with van der Waals surface area (Å²) in [7, 11) is -3.07. The Bertz CT molecular complexity index is 368. The molecule has 0 bridgehead atoms. The molecule has 0 amide bonds. The topological polar surface area (TPSA) is 34.1 Å². The van der Waals surface area contributed by atoms with Crippen molar-refractivity contribution in [3.05, 3.63) is 24.3 Å². The van der Waals surface area contributed by atoms with E-state index in [0.29, 0.717) is 4.90 Å². The highest BCUT2D eigenvalue weighted by Crippen LogP contribution is 2.23. The van der Waals surface area contributed by atoms with Crippen molar-refractivity contribution in [1.29, 1.82) is 0 Å². The molecule has 4 heteroatoms. The highest BCUT2D eigenvalue weighted by Gasteiger charge is 2.10. The van der Waals surface area contributed by atoms with Gasteiger partial charge in [0.05, 0.1) is 4.90 Å². The molecule has 2 nitrogen and oxygen atoms in total. The fourth-order valence-corrected chi connectivity index (χ4v) is 2.87. The number of hydrogen-bond acceptors (Lipinski definition) is 3. The van der Waals surface area contributed by atoms with E-state index in [4.69, 9.17) is 0 Å². The van der Waals surface area contributed by atoms with E-state index in [-0.39, 0.29) is 0 Å². The van der Waals surface area contributed by atoms with Gasteiger partial charge < -0.3 is 0 Å². The lowest BCUT2D eigenvalue weighted by atomic mass is 10.4. The summed E-state index contributed by atoms with van der Waals surface area (Å²) in [6.45, 7) is 0. The van der Waals surface area contributed by atoms with Gasteiger partial charge in [0.25, 0.3) is 0 Å². The molecule has 0 heterocycles. The van der Waals surface area contributed by atoms with Gasteiger partial charge >= 0.3 is 0 Å². The van der Waals surface area contributed by atoms with E-state index in [2.05, 4.69) is 0 Å². The maximum absolute atomic E-state index is 11.2. The summed E-state index contributed by atoms with van der Waals surface area (Å²) < 4.78 is 22.4. The SMILES string of the molecule is CSc1ccccc1S(C)(=O)=O. The van der Waals surface area contributed by atoms with Crippen LogP contribution >= 0.6 is 11.8 Å². The molecule has 0 N–H and O–H groups in total. The Hall–Kier alpha value is -0.480. The lowest BCUT2D eigenvalue weighted by Gasteiger charge is -2.03. The van der Waals surface area contributed by atoms with Crippen molar-refractivity contribution in [3.8, 4) is 0 Å². The first-order valence-corrected chi connectivity index (χ1v) is 6.50. The smallest absolute Gasteiger partial charge is 0.176 e. The van der Waals surface area contributed by atoms with E-state index in [0.717, 1.165) is 4.90 Å². The van der Waals surface area contributed by atoms with Gasteiger partial charge in [-0.25, -0.2) is 8.42 Å². The van der Waals surface area contributed by atoms with Crippen molar-refractivity contribution >= 4 is 21.6 Å². The zero-order valence-electron chi connectivity index (χ0n) is 6.94. The van der Waals surface area contributed by atoms with Crippen molar-refractivity contribution in [3.63, 3.8) is 0 Å². The van der Waals surface area contributed by atoms with Crippen LogP contribution in [-0.2, 0) is 9.84 Å². The predicted molar refractivity (Wildman–Crippen MR) is 51.3 cm³/mol. The van der Waals surface area contributed by atoms with E-state index in [1.807, 2.05) is 12.3 Å². The quantitative estimate of drug-likeness (QED) is 0.686. The maximum atomic E-state index is 11.2. The van der Waals surface area contributed by atoms with Gasteiger partial charge in [-0.3, -0.25) is 0 Å². The summed E-state index contributed by atoms with van der Waals surface area (Å²) in [6, 6.07) is 7.00. The summed E-state index contributed by atoms with van der Waals surface area (Å²) in [5.41, 5.74) is 0. The molecular weight excluding hydrogens is 192 g/mol. The second-order valence-electron chi connectivity index (χ2n) is 2.42. The lowest BCUT2D eigenvalue weighted by Crippen LogP contribution is -1.98. The first-order chi connectivity index (χ1) is 5.55. The van der Waals surface area contributed by atoms with Crippen LogP contribution in [0.3, 0.4) is 0 Å². The standard InChI is InChI=1S/C8H10O2S2/c1-11-7-5-3-4-6-8(7)12(2,9)10/h3-6H,1-2H3. The Balaban J connectivity index is 3.33. The maximum Gasteiger partial charge on any atom is 0.176 e. The molecule has 0 aliphatic rings. The monoisotopic (exact) mass is 202 g/mol. The number of rotatable bonds is 2. The predicted octanol–water partition coefficient (Wildman–Crippen LogP) is 1.81. The van der Waals surface area contributed by atoms with Gasteiger partial charge in [-0.05, 0) is 18.4 Å². The third kappa shape index (κ3) is 2.01. The van der Waals surface area contributed by atoms with Crippen LogP contribution in [0.5, 0.6) is 0 Å². The van der Waals surface area contributed by atoms with Crippen LogP contribution in [0, 0.1) is 0 Å². The van der Waals surface area contributed by atoms with Gasteiger partial charge in [0.2, 0.25) is 0 Å². The molecule has 66 valence electrons. The zero-order valence-corrected chi connectivity index (χ0v) is 8.58. The molecule has 0 saturated heterocycles. The summed E-state index contributed by atoms with van der Waals surface area (Å²) >= 11 is 1.44. The molecule has 0 atom stereocenters. The van der Waals surface area contributed by atoms with Gasteiger partial charge in [-0.2, -0.15) is 0 Å². The lowest BCUT2D eigenvalue weighted by molar-refractivity contribution is 0.600. The van der Waals surface area contributed by atoms with Gasteiger partial charge in [-0.15, -0.1) is 11.8 Å². The van der Waals surface area contributed by atoms with Crippen LogP contribution in [-0.4, -0.2) is 20.9 Å². The van der Waals surface area contributed by atoms with Crippen molar-refractivity contribution in [2.24, 2.45) is 0 Å². The fourth-order valence-electron chi connectivity index (χ4n) is 0.925. The summed E-state index contributed by atoms with van der Waals surface area (Å²) in [4.78, 5) is 1.22. The van der Waals surface area contributed by atoms with Crippen LogP contribution in [0.25, 0.3) is 0 Å². The Labute approximate surface area is 76.9 Å². The van der Waals surface area contributed by atoms with Crippen LogP contribution in [0.4, 0.5) is 0 Å². The van der Waals surface area contributed by atoms with Crippen molar-refractivity contribution < 1.29 is 8.42 Å². The summed E-state index contributed by atoms with van der Waals surface area (Å²) in [5.74, 6) is 0. The first kappa shape index (κ1) is 9.61. The highest BCUT2D eigenvalue weighted by atomic mass is 32.2. The van der Waals surface area contributed by atoms with Gasteiger partial charge in [-0.1, -0.05) is 12.1 Å². The zero-order chi connectivity index (χ0) is 9.19. The van der Waals surface area contributed by atoms with Gasteiger partial charge in [0.1, 0.15) is 0 Å². The van der Waals surface area contributed by atoms with E-state index >= 15 is 0 Å². The van der Waals surface area contributed by atoms with Crippen molar-refractivity contribution in [1.82, 2.24) is 0 Å². The Morgan fingerprint density at radius 3 is 2.25 bits per heavy atom. The number of thioether (sulfide) groups is 1. The minimum absolute atomic E-state index is 0.414. The number of sulfone groups is 1. The molecular formula is C8H10O2S2. The fraction of sp³-hybridized carbons (Fsp3) is 0.250. The molecule has 0 saturated carbocycles. The Kier molecular flexibility index (Phi) is 2.80. The summed E-state index contributed by atoms with van der Waals surface area (Å²) in [5, 5.41) is 0. The Morgan fingerprint density at radius 1 is 1.25 bits per heavy atom. The van der Waals surface area contributed by atoms with Crippen molar-refractivity contribution in [2.45, 2.75) is 9.79 Å². The summed E-state index contributed by atoms with van der Waals surface area (Å²) in [6.07, 6.45) is 3.09. The largest absolute Gasteiger partial charge is 0.224 e. The molecule has 1 rings (SSSR count). The minimum Gasteiger partial charge on any atom is -0.224 e. The van der Waals surface area contributed by atoms with Gasteiger partial charge in [0.15, 0.2) is 9.84 Å². The van der Waals surface area contributed by atoms with Crippen LogP contribution in [0.2, 0.25) is 0 Å². The van der Waals surface area contributed by atoms with Crippen LogP contribution < -0.4 is 0 Å². The van der Waals surface area contributed by atoms with E-state index < -0.39 is 9.84 Å². The van der Waals surface area contributed by atoms with Crippen LogP contribution in [0.15, 0.2) is 34.1 Å².